The van der Waals surface area contributed by atoms with E-state index < -0.39 is 0 Å². The number of fused-ring (bicyclic) bond motifs is 4. The van der Waals surface area contributed by atoms with Crippen LogP contribution < -0.4 is 0 Å². The van der Waals surface area contributed by atoms with Gasteiger partial charge in [0.1, 0.15) is 5.58 Å². The number of benzene rings is 8. The van der Waals surface area contributed by atoms with E-state index >= 15 is 0 Å². The van der Waals surface area contributed by atoms with Crippen molar-refractivity contribution in [3.05, 3.63) is 216 Å². The van der Waals surface area contributed by atoms with Gasteiger partial charge in [0.25, 0.3) is 0 Å². The van der Waals surface area contributed by atoms with Gasteiger partial charge in [-0.25, -0.2) is 0 Å². The second-order valence-electron chi connectivity index (χ2n) is 24.0. The number of rotatable bonds is 8. The van der Waals surface area contributed by atoms with E-state index in [9.17, 15) is 0 Å². The van der Waals surface area contributed by atoms with Crippen LogP contribution in [-0.4, -0.2) is 19.5 Å². The summed E-state index contributed by atoms with van der Waals surface area (Å²) < 4.78 is 9.21. The number of furan rings is 1. The van der Waals surface area contributed by atoms with Crippen LogP contribution in [0.3, 0.4) is 0 Å². The van der Waals surface area contributed by atoms with Gasteiger partial charge in [-0.15, -0.1) is 54.1 Å². The normalized spacial score (nSPS) is 12.1. The largest absolute Gasteiger partial charge is 0.501 e. The van der Waals surface area contributed by atoms with Crippen LogP contribution in [-0.2, 0) is 36.4 Å². The molecule has 0 saturated heterocycles. The van der Waals surface area contributed by atoms with E-state index in [4.69, 9.17) is 9.40 Å². The Morgan fingerprint density at radius 3 is 1.68 bits per heavy atom. The van der Waals surface area contributed by atoms with Crippen molar-refractivity contribution in [2.45, 2.75) is 118 Å². The van der Waals surface area contributed by atoms with Crippen molar-refractivity contribution in [1.29, 1.82) is 0 Å². The molecule has 5 nitrogen and oxygen atoms in total. The molecule has 3 aromatic heterocycles. The molecule has 0 aliphatic carbocycles. The van der Waals surface area contributed by atoms with Gasteiger partial charge in [-0.2, -0.15) is 0 Å². The molecule has 3 heterocycles. The van der Waals surface area contributed by atoms with Crippen LogP contribution >= 0.6 is 0 Å². The maximum Gasteiger partial charge on any atom is 0.121 e. The molecular weight excluding hydrogens is 1120 g/mol. The Morgan fingerprint density at radius 2 is 1.08 bits per heavy atom. The van der Waals surface area contributed by atoms with Gasteiger partial charge in [-0.3, -0.25) is 15.0 Å². The fourth-order valence-electron chi connectivity index (χ4n) is 10.1. The second kappa shape index (κ2) is 21.6. The van der Waals surface area contributed by atoms with Crippen molar-refractivity contribution in [2.24, 2.45) is 0 Å². The molecule has 0 aliphatic rings. The van der Waals surface area contributed by atoms with Gasteiger partial charge in [0.05, 0.1) is 28.3 Å². The minimum atomic E-state index is 0. The Hall–Kier alpha value is -7.24. The fraction of sp³-hybridized carbons (Fsp3) is 0.254. The Morgan fingerprint density at radius 1 is 0.494 bits per heavy atom. The summed E-state index contributed by atoms with van der Waals surface area (Å²) in [6.07, 6.45) is 1.81. The first-order chi connectivity index (χ1) is 36.2. The molecule has 0 N–H and O–H groups in total. The zero-order valence-electron chi connectivity index (χ0n) is 46.9. The van der Waals surface area contributed by atoms with E-state index in [1.165, 1.54) is 50.2 Å². The molecule has 8 aromatic carbocycles. The van der Waals surface area contributed by atoms with Gasteiger partial charge >= 0.3 is 0 Å². The monoisotopic (exact) mass is 1190 g/mol. The molecule has 0 bridgehead atoms. The second-order valence-corrected chi connectivity index (χ2v) is 24.0. The third-order valence-corrected chi connectivity index (χ3v) is 14.6. The minimum Gasteiger partial charge on any atom is -0.501 e. The summed E-state index contributed by atoms with van der Waals surface area (Å²) in [4.78, 5) is 14.2. The number of para-hydroxylation sites is 2. The number of imidazole rings is 1. The van der Waals surface area contributed by atoms with Gasteiger partial charge in [-0.1, -0.05) is 198 Å². The van der Waals surface area contributed by atoms with Crippen molar-refractivity contribution in [2.75, 3.05) is 0 Å². The molecule has 77 heavy (non-hydrogen) atoms. The van der Waals surface area contributed by atoms with Gasteiger partial charge < -0.3 is 8.98 Å². The average molecular weight is 1190 g/mol. The van der Waals surface area contributed by atoms with Crippen LogP contribution in [0.1, 0.15) is 130 Å². The summed E-state index contributed by atoms with van der Waals surface area (Å²) in [5.41, 5.74) is 20.4. The molecule has 6 heteroatoms. The number of hydrogen-bond donors (Lipinski definition) is 0. The molecule has 0 spiro atoms. The zero-order valence-corrected chi connectivity index (χ0v) is 49.3. The van der Waals surface area contributed by atoms with Crippen molar-refractivity contribution in [3.8, 4) is 61.8 Å². The summed E-state index contributed by atoms with van der Waals surface area (Å²) in [7, 11) is 0. The van der Waals surface area contributed by atoms with E-state index in [1.807, 2.05) is 48.7 Å². The Kier molecular flexibility index (Phi) is 15.3. The van der Waals surface area contributed by atoms with Crippen LogP contribution in [0.2, 0.25) is 0 Å². The van der Waals surface area contributed by atoms with Gasteiger partial charge in [-0.05, 0) is 115 Å². The van der Waals surface area contributed by atoms with Gasteiger partial charge in [0, 0.05) is 48.5 Å². The molecule has 11 rings (SSSR count). The van der Waals surface area contributed by atoms with Crippen molar-refractivity contribution in [1.82, 2.24) is 19.5 Å². The molecule has 0 saturated carbocycles. The van der Waals surface area contributed by atoms with Crippen LogP contribution in [0.25, 0.3) is 94.8 Å². The van der Waals surface area contributed by atoms with E-state index in [1.54, 1.807) is 0 Å². The van der Waals surface area contributed by atoms with Crippen LogP contribution in [0.4, 0.5) is 0 Å². The minimum absolute atomic E-state index is 0. The third-order valence-electron chi connectivity index (χ3n) is 14.6. The molecule has 1 radical (unpaired) electrons. The molecule has 0 atom stereocenters. The van der Waals surface area contributed by atoms with Crippen molar-refractivity contribution in [3.63, 3.8) is 0 Å². The van der Waals surface area contributed by atoms with E-state index in [-0.39, 0.29) is 48.2 Å². The maximum atomic E-state index is 6.82. The van der Waals surface area contributed by atoms with Crippen LogP contribution in [0, 0.1) is 12.1 Å². The van der Waals surface area contributed by atoms with E-state index in [0.717, 1.165) is 72.6 Å². The summed E-state index contributed by atoms with van der Waals surface area (Å²) in [5.74, 6) is 2.05. The standard InChI is InChI=1S/C57H55N2O.C14H15N2.Ir/c1-35(2)48-31-42(39-25-23-38(24-26-39)41-29-43(56(5,6)7)34-44(30-41)57(8,9)10)32-49(36(3)4)53(48)59-51-22-15-14-21-50(51)58-55(59)47-20-16-19-46-45-28-27-40(33-52(45)60-54(46)47)37-17-12-11-13-18-37;1-14(2,3)12-9-10-15-13(16-12)11-7-5-4-6-8-11;/h11-19,21-36H,1-10H3;4-7,9-10H,1-3H3;/q2*-1;. The smallest absolute Gasteiger partial charge is 0.121 e. The molecular formula is C71H70IrN4O-2. The predicted octanol–water partition coefficient (Wildman–Crippen LogP) is 19.5. The average Bonchev–Trinajstić information content (AvgIpc) is 3.99. The maximum absolute atomic E-state index is 6.82. The molecule has 0 unspecified atom stereocenters. The summed E-state index contributed by atoms with van der Waals surface area (Å²) in [6, 6.07) is 67.3. The first-order valence-electron chi connectivity index (χ1n) is 26.9. The summed E-state index contributed by atoms with van der Waals surface area (Å²) in [5, 5.41) is 2.14. The molecule has 0 fully saturated rings. The first-order valence-corrected chi connectivity index (χ1v) is 26.9. The summed E-state index contributed by atoms with van der Waals surface area (Å²) in [6.45, 7) is 29.5. The predicted molar refractivity (Wildman–Crippen MR) is 320 cm³/mol. The third kappa shape index (κ3) is 11.3. The number of aromatic nitrogens is 4. The van der Waals surface area contributed by atoms with Crippen molar-refractivity contribution < 1.29 is 24.5 Å². The van der Waals surface area contributed by atoms with E-state index in [2.05, 4.69) is 244 Å². The molecule has 11 aromatic rings. The van der Waals surface area contributed by atoms with Crippen molar-refractivity contribution >= 4 is 33.0 Å². The fourth-order valence-corrected chi connectivity index (χ4v) is 10.1. The number of nitrogens with zero attached hydrogens (tertiary/aromatic N) is 4. The Balaban J connectivity index is 0.000000364. The zero-order chi connectivity index (χ0) is 53.7. The van der Waals surface area contributed by atoms with Gasteiger partial charge in [0.2, 0.25) is 0 Å². The quantitative estimate of drug-likeness (QED) is 0.142. The molecule has 0 amide bonds. The van der Waals surface area contributed by atoms with Crippen LogP contribution in [0.5, 0.6) is 0 Å². The van der Waals surface area contributed by atoms with E-state index in [0.29, 0.717) is 0 Å². The Labute approximate surface area is 470 Å². The van der Waals surface area contributed by atoms with Gasteiger partial charge in [0.15, 0.2) is 0 Å². The van der Waals surface area contributed by atoms with Crippen LogP contribution in [0.15, 0.2) is 180 Å². The topological polar surface area (TPSA) is 56.7 Å². The SMILES string of the molecule is CC(C)(C)c1ccnc(-c2[c-]cccc2)n1.CC(C)c1cc(-c2ccc(-c3cc(C(C)(C)C)cc(C(C)(C)C)c3)cc2)cc(C(C)C)c1-n1c(-c2[c-]ccc3c2oc2cc(-c4ccccc4)ccc23)nc2ccccc21.[Ir]. The Bertz CT molecular complexity index is 3800. The summed E-state index contributed by atoms with van der Waals surface area (Å²) >= 11 is 0. The molecule has 391 valence electrons. The molecule has 0 aliphatic heterocycles. The first kappa shape index (κ1) is 54.5. The number of hydrogen-bond acceptors (Lipinski definition) is 4.